The molecule has 238 valence electrons. The molecule has 0 bridgehead atoms. The largest absolute Gasteiger partial charge is 0.458 e. The van der Waals surface area contributed by atoms with Crippen LogP contribution in [0.2, 0.25) is 18.1 Å². The molecule has 10 nitrogen and oxygen atoms in total. The quantitative estimate of drug-likeness (QED) is 0.154. The van der Waals surface area contributed by atoms with Crippen LogP contribution in [0.4, 0.5) is 4.79 Å². The van der Waals surface area contributed by atoms with E-state index in [4.69, 9.17) is 23.4 Å². The Morgan fingerprint density at radius 2 is 1.48 bits per heavy atom. The zero-order chi connectivity index (χ0) is 32.3. The maximum atomic E-state index is 13.2. The first-order valence-corrected chi connectivity index (χ1v) is 17.4. The van der Waals surface area contributed by atoms with E-state index in [1.54, 1.807) is 27.7 Å². The highest BCUT2D eigenvalue weighted by Crippen LogP contribution is 2.37. The fourth-order valence-electron chi connectivity index (χ4n) is 3.47. The lowest BCUT2D eigenvalue weighted by Gasteiger charge is -2.39. The molecule has 42 heavy (non-hydrogen) atoms. The van der Waals surface area contributed by atoms with Crippen LogP contribution in [0.5, 0.6) is 0 Å². The summed E-state index contributed by atoms with van der Waals surface area (Å²) in [5, 5.41) is 2.40. The Kier molecular flexibility index (Phi) is 14.4. The lowest BCUT2D eigenvalue weighted by Crippen LogP contribution is -2.54. The first kappa shape index (κ1) is 37.3. The van der Waals surface area contributed by atoms with E-state index in [1.165, 1.54) is 0 Å². The van der Waals surface area contributed by atoms with Gasteiger partial charge < -0.3 is 28.7 Å². The van der Waals surface area contributed by atoms with Crippen molar-refractivity contribution in [2.45, 2.75) is 117 Å². The van der Waals surface area contributed by atoms with Gasteiger partial charge in [-0.3, -0.25) is 4.79 Å². The van der Waals surface area contributed by atoms with Crippen molar-refractivity contribution in [2.24, 2.45) is 5.92 Å². The second-order valence-corrected chi connectivity index (χ2v) is 17.8. The van der Waals surface area contributed by atoms with Gasteiger partial charge in [-0.05, 0) is 57.3 Å². The van der Waals surface area contributed by atoms with Crippen molar-refractivity contribution in [1.82, 2.24) is 5.32 Å². The maximum absolute atomic E-state index is 13.2. The number of esters is 2. The summed E-state index contributed by atoms with van der Waals surface area (Å²) < 4.78 is 28.0. The van der Waals surface area contributed by atoms with E-state index in [9.17, 15) is 19.2 Å². The maximum Gasteiger partial charge on any atom is 0.408 e. The van der Waals surface area contributed by atoms with Gasteiger partial charge in [0.25, 0.3) is 0 Å². The highest BCUT2D eigenvalue weighted by atomic mass is 28.4. The van der Waals surface area contributed by atoms with Crippen molar-refractivity contribution in [2.75, 3.05) is 13.2 Å². The van der Waals surface area contributed by atoms with Gasteiger partial charge in [0.15, 0.2) is 32.9 Å². The van der Waals surface area contributed by atoms with Gasteiger partial charge in [0, 0.05) is 0 Å². The zero-order valence-electron chi connectivity index (χ0n) is 27.2. The van der Waals surface area contributed by atoms with E-state index >= 15 is 0 Å². The van der Waals surface area contributed by atoms with E-state index in [-0.39, 0.29) is 17.6 Å². The molecule has 1 aromatic carbocycles. The van der Waals surface area contributed by atoms with Crippen molar-refractivity contribution in [3.63, 3.8) is 0 Å². The molecule has 1 amide bonds. The summed E-state index contributed by atoms with van der Waals surface area (Å²) in [5.74, 6) is -2.16. The molecule has 0 radical (unpaired) electrons. The van der Waals surface area contributed by atoms with Gasteiger partial charge in [0.1, 0.15) is 18.8 Å². The number of ether oxygens (including phenoxy) is 4. The molecule has 0 aliphatic carbocycles. The molecule has 1 rings (SSSR count). The smallest absolute Gasteiger partial charge is 0.408 e. The third kappa shape index (κ3) is 13.0. The molecule has 0 aliphatic heterocycles. The number of carbonyl (C=O) groups excluding carboxylic acids is 4. The van der Waals surface area contributed by atoms with Gasteiger partial charge in [0.2, 0.25) is 0 Å². The lowest BCUT2D eigenvalue weighted by atomic mass is 10.0. The summed E-state index contributed by atoms with van der Waals surface area (Å²) >= 11 is 0. The van der Waals surface area contributed by atoms with Crippen LogP contribution in [0.1, 0.15) is 74.3 Å². The van der Waals surface area contributed by atoms with E-state index in [0.29, 0.717) is 6.42 Å². The highest BCUT2D eigenvalue weighted by molar-refractivity contribution is 6.74. The average molecular weight is 610 g/mol. The molecule has 0 fully saturated rings. The fraction of sp³-hybridized carbons (Fsp3) is 0.677. The molecule has 11 heteroatoms. The Hall–Kier alpha value is -2.76. The minimum atomic E-state index is -2.34. The standard InChI is InChI=1S/C31H51NO9Si/c1-12-21(2)26(28(35)40-30(4,5)6)37-19-24(33)20-38-27(34)25(22(3)41-42(10,11)31(7,8)9)32-29(36)39-18-23-16-14-13-15-17-23/h13-17,21-22,25-26H,12,18-20H2,1-11H3,(H,32,36). The molecule has 4 atom stereocenters. The number of rotatable bonds is 15. The van der Waals surface area contributed by atoms with Gasteiger partial charge in [-0.2, -0.15) is 0 Å². The summed E-state index contributed by atoms with van der Waals surface area (Å²) in [6.45, 7) is 19.8. The van der Waals surface area contributed by atoms with Crippen molar-refractivity contribution < 1.29 is 42.6 Å². The predicted octanol–water partition coefficient (Wildman–Crippen LogP) is 5.58. The Balaban J connectivity index is 2.90. The summed E-state index contributed by atoms with van der Waals surface area (Å²) in [4.78, 5) is 51.1. The number of alkyl carbamates (subject to hydrolysis) is 1. The summed E-state index contributed by atoms with van der Waals surface area (Å²) in [7, 11) is -2.34. The van der Waals surface area contributed by atoms with Gasteiger partial charge in [-0.15, -0.1) is 0 Å². The van der Waals surface area contributed by atoms with E-state index in [2.05, 4.69) is 26.1 Å². The number of ketones is 1. The van der Waals surface area contributed by atoms with Crippen LogP contribution in [-0.2, 0) is 44.4 Å². The van der Waals surface area contributed by atoms with Crippen LogP contribution in [-0.4, -0.2) is 69.2 Å². The number of hydrogen-bond acceptors (Lipinski definition) is 9. The monoisotopic (exact) mass is 609 g/mol. The van der Waals surface area contributed by atoms with E-state index < -0.39 is 69.2 Å². The van der Waals surface area contributed by atoms with Crippen molar-refractivity contribution in [3.8, 4) is 0 Å². The number of benzene rings is 1. The van der Waals surface area contributed by atoms with Crippen molar-refractivity contribution >= 4 is 32.1 Å². The minimum absolute atomic E-state index is 0.0107. The van der Waals surface area contributed by atoms with Crippen LogP contribution in [0.25, 0.3) is 0 Å². The Labute approximate surface area is 252 Å². The molecular formula is C31H51NO9Si. The molecule has 0 saturated heterocycles. The minimum Gasteiger partial charge on any atom is -0.458 e. The van der Waals surface area contributed by atoms with Crippen molar-refractivity contribution in [1.29, 1.82) is 0 Å². The summed E-state index contributed by atoms with van der Waals surface area (Å²) in [6, 6.07) is 7.89. The lowest BCUT2D eigenvalue weighted by molar-refractivity contribution is -0.173. The zero-order valence-corrected chi connectivity index (χ0v) is 28.2. The van der Waals surface area contributed by atoms with Gasteiger partial charge >= 0.3 is 18.0 Å². The Bertz CT molecular complexity index is 1030. The van der Waals surface area contributed by atoms with Crippen molar-refractivity contribution in [3.05, 3.63) is 35.9 Å². The van der Waals surface area contributed by atoms with E-state index in [0.717, 1.165) is 5.56 Å². The van der Waals surface area contributed by atoms with Gasteiger partial charge in [-0.25, -0.2) is 14.4 Å². The number of hydrogen-bond donors (Lipinski definition) is 1. The van der Waals surface area contributed by atoms with Crippen LogP contribution < -0.4 is 5.32 Å². The Morgan fingerprint density at radius 1 is 0.881 bits per heavy atom. The molecule has 0 aliphatic rings. The molecule has 1 aromatic rings. The van der Waals surface area contributed by atoms with Crippen LogP contribution in [0.3, 0.4) is 0 Å². The second-order valence-electron chi connectivity index (χ2n) is 13.1. The molecule has 0 saturated carbocycles. The number of Topliss-reactive ketones (excluding diaryl/α,β-unsaturated/α-hetero) is 1. The summed E-state index contributed by atoms with van der Waals surface area (Å²) in [5.41, 5.74) is 0.0732. The second kappa shape index (κ2) is 16.2. The van der Waals surface area contributed by atoms with Gasteiger partial charge in [-0.1, -0.05) is 71.4 Å². The molecule has 0 spiro atoms. The van der Waals surface area contributed by atoms with Crippen LogP contribution >= 0.6 is 0 Å². The predicted molar refractivity (Wildman–Crippen MR) is 162 cm³/mol. The third-order valence-corrected chi connectivity index (χ3v) is 11.7. The SMILES string of the molecule is CCC(C)C(OCC(=O)COC(=O)C(NC(=O)OCc1ccccc1)C(C)O[Si](C)(C)C(C)(C)C)C(=O)OC(C)(C)C. The van der Waals surface area contributed by atoms with Crippen LogP contribution in [0.15, 0.2) is 30.3 Å². The highest BCUT2D eigenvalue weighted by Gasteiger charge is 2.42. The Morgan fingerprint density at radius 3 is 2.00 bits per heavy atom. The number of amides is 1. The normalized spacial score (nSPS) is 15.1. The van der Waals surface area contributed by atoms with Gasteiger partial charge in [0.05, 0.1) is 6.10 Å². The average Bonchev–Trinajstić information content (AvgIpc) is 2.87. The fourth-order valence-corrected chi connectivity index (χ4v) is 4.89. The topological polar surface area (TPSA) is 126 Å². The molecule has 1 N–H and O–H groups in total. The third-order valence-electron chi connectivity index (χ3n) is 7.10. The summed E-state index contributed by atoms with van der Waals surface area (Å²) in [6.07, 6.45) is -1.90. The molecule has 4 unspecified atom stereocenters. The first-order valence-electron chi connectivity index (χ1n) is 14.4. The number of carbonyl (C=O) groups is 4. The van der Waals surface area contributed by atoms with Crippen LogP contribution in [0, 0.1) is 5.92 Å². The molecule has 0 aromatic heterocycles. The molecule has 0 heterocycles. The first-order chi connectivity index (χ1) is 19.3. The van der Waals surface area contributed by atoms with E-state index in [1.807, 2.05) is 57.3 Å². The molecular weight excluding hydrogens is 558 g/mol. The number of nitrogens with one attached hydrogen (secondary N) is 1.